The van der Waals surface area contributed by atoms with Crippen LogP contribution in [0.4, 0.5) is 0 Å². The van der Waals surface area contributed by atoms with Crippen LogP contribution in [0.1, 0.15) is 153 Å². The van der Waals surface area contributed by atoms with Gasteiger partial charge in [-0.2, -0.15) is 15.8 Å². The molecule has 9 heterocycles. The number of phenols is 1. The van der Waals surface area contributed by atoms with E-state index in [-0.39, 0.29) is 16.9 Å². The third kappa shape index (κ3) is 8.59. The Balaban J connectivity index is 1.42. The summed E-state index contributed by atoms with van der Waals surface area (Å²) >= 11 is 0. The first-order chi connectivity index (χ1) is 34.5. The van der Waals surface area contributed by atoms with Crippen LogP contribution >= 0.6 is 0 Å². The molecule has 6 aromatic rings. The number of aryl methyl sites for hydroxylation is 8. The number of nitrogens with zero attached hydrogens (tertiary/aromatic N) is 5. The molecular formula is C63H63N7O. The number of benzene rings is 3. The fourth-order valence-electron chi connectivity index (χ4n) is 11.8. The fourth-order valence-corrected chi connectivity index (χ4v) is 11.8. The van der Waals surface area contributed by atoms with E-state index in [0.29, 0.717) is 24.0 Å². The summed E-state index contributed by atoms with van der Waals surface area (Å²) in [5.41, 5.74) is 26.6. The van der Waals surface area contributed by atoms with Crippen molar-refractivity contribution < 1.29 is 5.11 Å². The number of H-pyrrole nitrogens is 2. The molecule has 0 aliphatic carbocycles. The highest BCUT2D eigenvalue weighted by atomic mass is 16.3. The van der Waals surface area contributed by atoms with Gasteiger partial charge in [-0.05, 0) is 213 Å². The third-order valence-electron chi connectivity index (χ3n) is 15.5. The molecule has 0 amide bonds. The maximum Gasteiger partial charge on any atom is 0.148 e. The predicted octanol–water partition coefficient (Wildman–Crippen LogP) is 15.5. The topological polar surface area (TPSA) is 149 Å². The van der Waals surface area contributed by atoms with Gasteiger partial charge in [0.2, 0.25) is 0 Å². The number of hydrogen-bond donors (Lipinski definition) is 3. The summed E-state index contributed by atoms with van der Waals surface area (Å²) in [6, 6.07) is 31.8. The van der Waals surface area contributed by atoms with E-state index in [1.807, 2.05) is 18.2 Å². The Hall–Kier alpha value is -7.73. The van der Waals surface area contributed by atoms with Gasteiger partial charge in [0.15, 0.2) is 0 Å². The first-order valence-electron chi connectivity index (χ1n) is 25.7. The van der Waals surface area contributed by atoms with E-state index in [1.54, 1.807) is 6.07 Å². The number of allylic oxidation sites excluding steroid dienone is 6. The summed E-state index contributed by atoms with van der Waals surface area (Å²) in [6.07, 6.45) is 9.17. The first kappa shape index (κ1) is 48.3. The Labute approximate surface area is 418 Å². The number of rotatable bonds is 5. The second kappa shape index (κ2) is 20.3. The van der Waals surface area contributed by atoms with E-state index in [4.69, 9.17) is 9.97 Å². The van der Waals surface area contributed by atoms with Crippen LogP contribution in [0.3, 0.4) is 0 Å². The summed E-state index contributed by atoms with van der Waals surface area (Å²) in [6.45, 7) is 17.9. The molecule has 12 rings (SSSR count). The van der Waals surface area contributed by atoms with Crippen LogP contribution in [0, 0.1) is 47.8 Å². The van der Waals surface area contributed by atoms with Crippen LogP contribution in [0.2, 0.25) is 0 Å². The van der Waals surface area contributed by atoms with Crippen molar-refractivity contribution in [2.45, 2.75) is 132 Å². The van der Waals surface area contributed by atoms with Gasteiger partial charge in [0.25, 0.3) is 0 Å². The van der Waals surface area contributed by atoms with Gasteiger partial charge in [-0.3, -0.25) is 0 Å². The highest BCUT2D eigenvalue weighted by Crippen LogP contribution is 2.46. The number of hydrogen-bond acceptors (Lipinski definition) is 6. The Morgan fingerprint density at radius 1 is 0.549 bits per heavy atom. The molecule has 3 aromatic carbocycles. The van der Waals surface area contributed by atoms with Crippen LogP contribution in [0.15, 0.2) is 78.4 Å². The molecule has 8 heteroatoms. The average molecular weight is 934 g/mol. The number of aromatic hydroxyl groups is 1. The molecule has 0 saturated heterocycles. The Morgan fingerprint density at radius 2 is 1.00 bits per heavy atom. The number of phenolic OH excluding ortho intramolecular Hbond substituents is 1. The molecule has 6 aliphatic rings. The average Bonchev–Trinajstić information content (AvgIpc) is 4.07. The van der Waals surface area contributed by atoms with Crippen molar-refractivity contribution in [2.75, 3.05) is 0 Å². The second-order valence-electron chi connectivity index (χ2n) is 19.3. The van der Waals surface area contributed by atoms with Gasteiger partial charge >= 0.3 is 0 Å². The summed E-state index contributed by atoms with van der Waals surface area (Å²) in [4.78, 5) is 19.5. The van der Waals surface area contributed by atoms with E-state index >= 15 is 0 Å². The zero-order chi connectivity index (χ0) is 50.1. The molecule has 0 fully saturated rings. The number of nitriles is 3. The van der Waals surface area contributed by atoms with Gasteiger partial charge in [0, 0.05) is 22.2 Å². The lowest BCUT2D eigenvalue weighted by Crippen LogP contribution is -2.01. The zero-order valence-corrected chi connectivity index (χ0v) is 42.6. The second-order valence-corrected chi connectivity index (χ2v) is 19.3. The van der Waals surface area contributed by atoms with Gasteiger partial charge in [-0.15, -0.1) is 0 Å². The van der Waals surface area contributed by atoms with Crippen molar-refractivity contribution >= 4 is 49.9 Å². The molecule has 0 spiro atoms. The number of nitrogens with one attached hydrogen (secondary N) is 2. The Morgan fingerprint density at radius 3 is 1.45 bits per heavy atom. The Bertz CT molecular complexity index is 3430. The zero-order valence-electron chi connectivity index (χ0n) is 42.6. The van der Waals surface area contributed by atoms with Gasteiger partial charge in [-0.25, -0.2) is 9.97 Å². The molecule has 0 radical (unpaired) electrons. The molecule has 8 nitrogen and oxygen atoms in total. The summed E-state index contributed by atoms with van der Waals surface area (Å²) in [5.74, 6) is 0.169. The van der Waals surface area contributed by atoms with E-state index < -0.39 is 0 Å². The fraction of sp³-hybridized carbons (Fsp3) is 0.317. The van der Waals surface area contributed by atoms with E-state index in [0.717, 1.165) is 148 Å². The minimum atomic E-state index is -0.225. The minimum Gasteiger partial charge on any atom is -0.508 e. The smallest absolute Gasteiger partial charge is 0.148 e. The maximum atomic E-state index is 11.6. The molecule has 3 aromatic heterocycles. The first-order valence-corrected chi connectivity index (χ1v) is 25.7. The molecule has 71 heavy (non-hydrogen) atoms. The molecule has 0 atom stereocenters. The summed E-state index contributed by atoms with van der Waals surface area (Å²) < 4.78 is 0. The lowest BCUT2D eigenvalue weighted by Gasteiger charge is -2.16. The molecule has 3 N–H and O–H groups in total. The number of aromatic amines is 2. The SMILES string of the molecule is CCC1=C(C)c2nc1cc1[nH]c(c(C)c1CC)c1c3[nH]c(cc4nc(c2-c2ccccc2CCCCc2cc(O)c(cc2C(C#N)=C(C#N)C#N)CCCCc2ccccc2-1)C(C)=C4CC)c(CC)c3C. The number of aromatic nitrogens is 4. The van der Waals surface area contributed by atoms with Crippen molar-refractivity contribution in [3.63, 3.8) is 0 Å². The predicted molar refractivity (Wildman–Crippen MR) is 291 cm³/mol. The van der Waals surface area contributed by atoms with E-state index in [2.05, 4.69) is 132 Å². The van der Waals surface area contributed by atoms with Gasteiger partial charge in [0.1, 0.15) is 29.5 Å². The van der Waals surface area contributed by atoms with Crippen molar-refractivity contribution in [2.24, 2.45) is 0 Å². The van der Waals surface area contributed by atoms with Crippen molar-refractivity contribution in [1.82, 2.24) is 19.9 Å². The van der Waals surface area contributed by atoms with Crippen LogP contribution in [-0.2, 0) is 38.5 Å². The minimum absolute atomic E-state index is 0.0480. The normalized spacial score (nSPS) is 13.9. The van der Waals surface area contributed by atoms with Gasteiger partial charge in [0.05, 0.1) is 39.4 Å². The monoisotopic (exact) mass is 934 g/mol. The Kier molecular flexibility index (Phi) is 13.8. The molecule has 0 saturated carbocycles. The molecule has 6 aliphatic heterocycles. The van der Waals surface area contributed by atoms with Crippen molar-refractivity contribution in [1.29, 1.82) is 15.8 Å². The molecular weight excluding hydrogens is 871 g/mol. The quantitative estimate of drug-likeness (QED) is 0.147. The van der Waals surface area contributed by atoms with Gasteiger partial charge < -0.3 is 15.1 Å². The van der Waals surface area contributed by atoms with Crippen molar-refractivity contribution in [3.05, 3.63) is 151 Å². The largest absolute Gasteiger partial charge is 0.508 e. The standard InChI is InChI=1S/C63H63N7O/c1-9-45-36(5)60-58-49-27-19-17-23-40(49)21-13-15-25-42-30-57(71)43(29-51(42)52(35-66)44(33-64)34-65)26-16-14-22-41-24-18-20-28-50(41)59(62-38(7)47(11-3)55(69-62)31-53(45)67-60)63-39(8)48(12-4)56(70-63)32-54-46(10-2)37(6)61(58)68-54/h17-20,23-24,27-32,69-71H,9-16,21-22,25-26H2,1-8H3. The van der Waals surface area contributed by atoms with Crippen LogP contribution in [-0.4, -0.2) is 25.0 Å². The van der Waals surface area contributed by atoms with E-state index in [1.165, 1.54) is 44.5 Å². The van der Waals surface area contributed by atoms with Crippen LogP contribution in [0.25, 0.3) is 72.2 Å². The molecule has 356 valence electrons. The molecule has 0 unspecified atom stereocenters. The highest BCUT2D eigenvalue weighted by Gasteiger charge is 2.28. The van der Waals surface area contributed by atoms with Crippen molar-refractivity contribution in [3.8, 4) is 46.2 Å². The lowest BCUT2D eigenvalue weighted by molar-refractivity contribution is 0.465. The molecule has 12 bridgehead atoms. The summed E-state index contributed by atoms with van der Waals surface area (Å²) in [7, 11) is 0. The van der Waals surface area contributed by atoms with E-state index in [9.17, 15) is 20.9 Å². The third-order valence-corrected chi connectivity index (χ3v) is 15.5. The summed E-state index contributed by atoms with van der Waals surface area (Å²) in [5, 5.41) is 42.0. The van der Waals surface area contributed by atoms with Crippen LogP contribution < -0.4 is 0 Å². The highest BCUT2D eigenvalue weighted by molar-refractivity contribution is 6.04. The van der Waals surface area contributed by atoms with Crippen LogP contribution in [0.5, 0.6) is 5.75 Å². The van der Waals surface area contributed by atoms with Gasteiger partial charge in [-0.1, -0.05) is 76.2 Å². The lowest BCUT2D eigenvalue weighted by atomic mass is 9.88. The maximum absolute atomic E-state index is 11.6.